The number of carbonyl (C=O) groups is 5. The number of hydrogen-bond acceptors (Lipinski definition) is 6. The predicted octanol–water partition coefficient (Wildman–Crippen LogP) is 0.292. The molecular weight excluding hydrogens is 406 g/mol. The zero-order chi connectivity index (χ0) is 22.1. The second-order valence-corrected chi connectivity index (χ2v) is 7.91. The lowest BCUT2D eigenvalue weighted by Crippen LogP contribution is -2.52. The summed E-state index contributed by atoms with van der Waals surface area (Å²) in [7, 11) is 0. The van der Waals surface area contributed by atoms with Crippen LogP contribution in [0.3, 0.4) is 0 Å². The minimum atomic E-state index is -1.03. The third kappa shape index (κ3) is 3.97. The van der Waals surface area contributed by atoms with Crippen molar-refractivity contribution in [1.82, 2.24) is 15.1 Å². The molecule has 2 saturated heterocycles. The minimum absolute atomic E-state index is 0.131. The number of benzene rings is 1. The van der Waals surface area contributed by atoms with Gasteiger partial charge in [0, 0.05) is 24.1 Å². The Morgan fingerprint density at radius 2 is 1.97 bits per heavy atom. The lowest BCUT2D eigenvalue weighted by molar-refractivity contribution is -0.152. The summed E-state index contributed by atoms with van der Waals surface area (Å²) >= 11 is 0. The van der Waals surface area contributed by atoms with Gasteiger partial charge in [-0.1, -0.05) is 6.07 Å². The first-order valence-corrected chi connectivity index (χ1v) is 10.3. The third-order valence-electron chi connectivity index (χ3n) is 6.00. The molecule has 0 radical (unpaired) electrons. The lowest BCUT2D eigenvalue weighted by atomic mass is 10.0. The van der Waals surface area contributed by atoms with Crippen LogP contribution in [0.25, 0.3) is 0 Å². The maximum atomic E-state index is 12.8. The van der Waals surface area contributed by atoms with E-state index in [2.05, 4.69) is 5.32 Å². The van der Waals surface area contributed by atoms with Crippen LogP contribution in [0.2, 0.25) is 0 Å². The summed E-state index contributed by atoms with van der Waals surface area (Å²) in [4.78, 5) is 63.2. The zero-order valence-electron chi connectivity index (χ0n) is 16.8. The van der Waals surface area contributed by atoms with E-state index in [0.29, 0.717) is 29.8 Å². The Morgan fingerprint density at radius 1 is 1.16 bits per heavy atom. The third-order valence-corrected chi connectivity index (χ3v) is 6.00. The number of fused-ring (bicyclic) bond motifs is 1. The molecule has 10 heteroatoms. The standard InChI is InChI=1S/C21H23N3O7/c25-17-8-7-14(19(27)22-17)24-10-13-12(20(24)28)4-3-6-16(13)31-11-18(26)23-9-2-1-5-15(23)21(29)30/h3-4,6,14-15H,1-2,5,7-11H2,(H,29,30)(H,22,25,27)/t14?,15-/m1/s1. The number of rotatable bonds is 5. The van der Waals surface area contributed by atoms with Gasteiger partial charge in [-0.3, -0.25) is 24.5 Å². The molecule has 10 nitrogen and oxygen atoms in total. The van der Waals surface area contributed by atoms with E-state index >= 15 is 0 Å². The van der Waals surface area contributed by atoms with Gasteiger partial charge >= 0.3 is 5.97 Å². The van der Waals surface area contributed by atoms with Crippen LogP contribution in [0, 0.1) is 0 Å². The van der Waals surface area contributed by atoms with Crippen molar-refractivity contribution in [2.45, 2.75) is 50.7 Å². The van der Waals surface area contributed by atoms with Crippen LogP contribution >= 0.6 is 0 Å². The number of carboxylic acid groups (broad SMARTS) is 1. The Kier molecular flexibility index (Phi) is 5.62. The van der Waals surface area contributed by atoms with Crippen molar-refractivity contribution < 1.29 is 33.8 Å². The summed E-state index contributed by atoms with van der Waals surface area (Å²) in [5.41, 5.74) is 0.953. The number of carboxylic acids is 1. The number of imide groups is 1. The van der Waals surface area contributed by atoms with E-state index in [1.54, 1.807) is 18.2 Å². The molecule has 0 bridgehead atoms. The van der Waals surface area contributed by atoms with Crippen molar-refractivity contribution in [3.63, 3.8) is 0 Å². The van der Waals surface area contributed by atoms with E-state index in [9.17, 15) is 29.1 Å². The lowest BCUT2D eigenvalue weighted by Gasteiger charge is -2.32. The van der Waals surface area contributed by atoms with Crippen LogP contribution in [-0.2, 0) is 25.7 Å². The quantitative estimate of drug-likeness (QED) is 0.643. The fraction of sp³-hybridized carbons (Fsp3) is 0.476. The Morgan fingerprint density at radius 3 is 2.71 bits per heavy atom. The maximum Gasteiger partial charge on any atom is 0.326 e. The summed E-state index contributed by atoms with van der Waals surface area (Å²) in [5.74, 6) is -2.29. The molecule has 1 aromatic rings. The monoisotopic (exact) mass is 429 g/mol. The van der Waals surface area contributed by atoms with Crippen molar-refractivity contribution in [2.75, 3.05) is 13.2 Å². The smallest absolute Gasteiger partial charge is 0.326 e. The molecule has 2 atom stereocenters. The molecular formula is C21H23N3O7. The summed E-state index contributed by atoms with van der Waals surface area (Å²) in [6.45, 7) is 0.160. The van der Waals surface area contributed by atoms with E-state index in [1.165, 1.54) is 9.80 Å². The molecule has 0 saturated carbocycles. The molecule has 3 aliphatic rings. The molecule has 0 spiro atoms. The van der Waals surface area contributed by atoms with Gasteiger partial charge in [0.2, 0.25) is 11.8 Å². The fourth-order valence-corrected chi connectivity index (χ4v) is 4.40. The van der Waals surface area contributed by atoms with Gasteiger partial charge in [-0.05, 0) is 37.8 Å². The molecule has 2 N–H and O–H groups in total. The second kappa shape index (κ2) is 8.37. The van der Waals surface area contributed by atoms with E-state index in [1.807, 2.05) is 0 Å². The first-order chi connectivity index (χ1) is 14.9. The highest BCUT2D eigenvalue weighted by molar-refractivity contribution is 6.05. The SMILES string of the molecule is O=C1CCC(N2Cc3c(OCC(=O)N4CCCC[C@@H]4C(=O)O)cccc3C2=O)C(=O)N1. The van der Waals surface area contributed by atoms with Gasteiger partial charge in [0.25, 0.3) is 11.8 Å². The van der Waals surface area contributed by atoms with E-state index < -0.39 is 29.9 Å². The van der Waals surface area contributed by atoms with Gasteiger partial charge in [0.1, 0.15) is 17.8 Å². The highest BCUT2D eigenvalue weighted by atomic mass is 16.5. The van der Waals surface area contributed by atoms with Crippen molar-refractivity contribution >= 4 is 29.6 Å². The van der Waals surface area contributed by atoms with Gasteiger partial charge in [-0.15, -0.1) is 0 Å². The van der Waals surface area contributed by atoms with Crippen molar-refractivity contribution in [3.05, 3.63) is 29.3 Å². The molecule has 164 valence electrons. The van der Waals surface area contributed by atoms with Gasteiger partial charge in [-0.25, -0.2) is 4.79 Å². The molecule has 0 aliphatic carbocycles. The number of piperidine rings is 2. The number of nitrogens with one attached hydrogen (secondary N) is 1. The number of likely N-dealkylation sites (tertiary alicyclic amines) is 1. The normalized spacial score (nSPS) is 23.4. The summed E-state index contributed by atoms with van der Waals surface area (Å²) in [5, 5.41) is 11.6. The largest absolute Gasteiger partial charge is 0.483 e. The Hall–Kier alpha value is -3.43. The average Bonchev–Trinajstić information content (AvgIpc) is 3.09. The van der Waals surface area contributed by atoms with Crippen LogP contribution in [0.4, 0.5) is 0 Å². The Balaban J connectivity index is 1.46. The highest BCUT2D eigenvalue weighted by Gasteiger charge is 2.40. The first kappa shape index (κ1) is 20.8. The maximum absolute atomic E-state index is 12.8. The van der Waals surface area contributed by atoms with Gasteiger partial charge in [0.05, 0.1) is 6.54 Å². The number of nitrogens with zero attached hydrogens (tertiary/aromatic N) is 2. The van der Waals surface area contributed by atoms with Crippen LogP contribution in [-0.4, -0.2) is 69.7 Å². The molecule has 3 aliphatic heterocycles. The van der Waals surface area contributed by atoms with Gasteiger partial charge in [0.15, 0.2) is 6.61 Å². The fourth-order valence-electron chi connectivity index (χ4n) is 4.40. The summed E-state index contributed by atoms with van der Waals surface area (Å²) < 4.78 is 5.70. The first-order valence-electron chi connectivity index (χ1n) is 10.3. The number of aliphatic carboxylic acids is 1. The van der Waals surface area contributed by atoms with Crippen LogP contribution in [0.15, 0.2) is 18.2 Å². The minimum Gasteiger partial charge on any atom is -0.483 e. The van der Waals surface area contributed by atoms with Gasteiger partial charge in [-0.2, -0.15) is 0 Å². The van der Waals surface area contributed by atoms with Crippen molar-refractivity contribution in [3.8, 4) is 5.75 Å². The molecule has 1 unspecified atom stereocenters. The molecule has 2 fully saturated rings. The van der Waals surface area contributed by atoms with Gasteiger partial charge < -0.3 is 19.6 Å². The number of amides is 4. The average molecular weight is 429 g/mol. The zero-order valence-corrected chi connectivity index (χ0v) is 16.8. The van der Waals surface area contributed by atoms with Crippen LogP contribution < -0.4 is 10.1 Å². The molecule has 31 heavy (non-hydrogen) atoms. The van der Waals surface area contributed by atoms with Crippen LogP contribution in [0.5, 0.6) is 5.75 Å². The summed E-state index contributed by atoms with van der Waals surface area (Å²) in [6, 6.07) is 3.31. The molecule has 1 aromatic carbocycles. The molecule has 4 rings (SSSR count). The molecule has 4 amide bonds. The van der Waals surface area contributed by atoms with E-state index in [0.717, 1.165) is 12.8 Å². The highest BCUT2D eigenvalue weighted by Crippen LogP contribution is 2.33. The number of carbonyl (C=O) groups excluding carboxylic acids is 4. The Labute approximate surface area is 178 Å². The topological polar surface area (TPSA) is 133 Å². The van der Waals surface area contributed by atoms with E-state index in [4.69, 9.17) is 4.74 Å². The second-order valence-electron chi connectivity index (χ2n) is 7.91. The number of hydrogen-bond donors (Lipinski definition) is 2. The summed E-state index contributed by atoms with van der Waals surface area (Å²) in [6.07, 6.45) is 2.33. The predicted molar refractivity (Wildman–Crippen MR) is 105 cm³/mol. The van der Waals surface area contributed by atoms with Crippen molar-refractivity contribution in [2.24, 2.45) is 0 Å². The van der Waals surface area contributed by atoms with Crippen LogP contribution in [0.1, 0.15) is 48.0 Å². The Bertz CT molecular complexity index is 960. The molecule has 3 heterocycles. The van der Waals surface area contributed by atoms with E-state index in [-0.39, 0.29) is 37.8 Å². The number of ether oxygens (including phenoxy) is 1. The van der Waals surface area contributed by atoms with Crippen molar-refractivity contribution in [1.29, 1.82) is 0 Å². The molecule has 0 aromatic heterocycles.